The maximum absolute atomic E-state index is 12.9. The monoisotopic (exact) mass is 384 g/mol. The quantitative estimate of drug-likeness (QED) is 0.752. The maximum atomic E-state index is 12.9. The Morgan fingerprint density at radius 3 is 2.52 bits per heavy atom. The van der Waals surface area contributed by atoms with Gasteiger partial charge in [0.05, 0.1) is 16.5 Å². The zero-order chi connectivity index (χ0) is 19.0. The molecule has 1 aliphatic heterocycles. The van der Waals surface area contributed by atoms with Gasteiger partial charge in [0, 0.05) is 30.2 Å². The molecule has 4 rings (SSSR count). The molecule has 6 nitrogen and oxygen atoms in total. The van der Waals surface area contributed by atoms with Crippen LogP contribution in [-0.4, -0.2) is 47.5 Å². The van der Waals surface area contributed by atoms with E-state index in [1.54, 1.807) is 18.3 Å². The molecule has 7 heteroatoms. The largest absolute Gasteiger partial charge is 0.393 e. The predicted molar refractivity (Wildman–Crippen MR) is 102 cm³/mol. The molecule has 2 aromatic carbocycles. The lowest BCUT2D eigenvalue weighted by molar-refractivity contribution is 0.0964. The second-order valence-electron chi connectivity index (χ2n) is 6.71. The van der Waals surface area contributed by atoms with Crippen LogP contribution in [-0.2, 0) is 10.0 Å². The van der Waals surface area contributed by atoms with Crippen molar-refractivity contribution in [3.8, 4) is 0 Å². The molecular weight excluding hydrogens is 364 g/mol. The Morgan fingerprint density at radius 1 is 1.00 bits per heavy atom. The summed E-state index contributed by atoms with van der Waals surface area (Å²) in [5.41, 5.74) is 1.09. The number of aromatic nitrogens is 1. The van der Waals surface area contributed by atoms with E-state index in [0.717, 1.165) is 10.9 Å². The second-order valence-corrected chi connectivity index (χ2v) is 8.65. The smallest absolute Gasteiger partial charge is 0.262 e. The lowest BCUT2D eigenvalue weighted by atomic mass is 10.1. The van der Waals surface area contributed by atoms with Gasteiger partial charge >= 0.3 is 0 Å². The van der Waals surface area contributed by atoms with Gasteiger partial charge in [-0.15, -0.1) is 0 Å². The minimum absolute atomic E-state index is 0.0983. The third kappa shape index (κ3) is 3.29. The number of fused-ring (bicyclic) bond motifs is 1. The molecule has 0 radical (unpaired) electrons. The van der Waals surface area contributed by atoms with Crippen LogP contribution in [0.4, 0.5) is 0 Å². The number of benzene rings is 2. The second kappa shape index (κ2) is 6.92. The van der Waals surface area contributed by atoms with Crippen LogP contribution in [0.2, 0.25) is 0 Å². The summed E-state index contributed by atoms with van der Waals surface area (Å²) >= 11 is 0. The van der Waals surface area contributed by atoms with Gasteiger partial charge in [-0.2, -0.15) is 4.31 Å². The molecule has 0 amide bonds. The van der Waals surface area contributed by atoms with E-state index in [1.807, 2.05) is 30.3 Å². The number of carbonyl (C=O) groups is 1. The molecule has 1 aliphatic rings. The Kier molecular flexibility index (Phi) is 4.59. The predicted octanol–water partition coefficient (Wildman–Crippen LogP) is 2.48. The van der Waals surface area contributed by atoms with E-state index >= 15 is 0 Å². The van der Waals surface area contributed by atoms with Crippen molar-refractivity contribution in [2.45, 2.75) is 23.8 Å². The third-order valence-corrected chi connectivity index (χ3v) is 6.86. The standard InChI is InChI=1S/C20H20N2O4S/c23-17-9-11-21(12-10-17)27(25,26)18-6-3-5-16(14-18)20(24)22-13-8-15-4-1-2-7-19(15)22/h1-8,13-14,17,23H,9-12H2. The number of nitrogens with zero attached hydrogens (tertiary/aromatic N) is 2. The Bertz CT molecular complexity index is 1100. The SMILES string of the molecule is O=C(c1cccc(S(=O)(=O)N2CCC(O)CC2)c1)n1ccc2ccccc21. The van der Waals surface area contributed by atoms with Crippen LogP contribution >= 0.6 is 0 Å². The van der Waals surface area contributed by atoms with Gasteiger partial charge < -0.3 is 5.11 Å². The van der Waals surface area contributed by atoms with Crippen LogP contribution in [0.5, 0.6) is 0 Å². The van der Waals surface area contributed by atoms with Crippen LogP contribution in [0.25, 0.3) is 10.9 Å². The summed E-state index contributed by atoms with van der Waals surface area (Å²) in [6.07, 6.45) is 2.09. The van der Waals surface area contributed by atoms with Gasteiger partial charge in [-0.3, -0.25) is 9.36 Å². The molecule has 0 unspecified atom stereocenters. The van der Waals surface area contributed by atoms with Crippen LogP contribution in [0.15, 0.2) is 65.7 Å². The lowest BCUT2D eigenvalue weighted by Crippen LogP contribution is -2.40. The molecular formula is C20H20N2O4S. The number of aliphatic hydroxyl groups is 1. The van der Waals surface area contributed by atoms with E-state index in [9.17, 15) is 18.3 Å². The molecule has 27 heavy (non-hydrogen) atoms. The number of carbonyl (C=O) groups excluding carboxylic acids is 1. The summed E-state index contributed by atoms with van der Waals surface area (Å²) < 4.78 is 28.7. The van der Waals surface area contributed by atoms with Gasteiger partial charge in [0.1, 0.15) is 0 Å². The summed E-state index contributed by atoms with van der Waals surface area (Å²) in [6.45, 7) is 0.563. The summed E-state index contributed by atoms with van der Waals surface area (Å²) in [5, 5.41) is 10.5. The number of sulfonamides is 1. The average molecular weight is 384 g/mol. The number of piperidine rings is 1. The Labute approximate surface area is 157 Å². The normalized spacial score (nSPS) is 16.6. The Balaban J connectivity index is 1.67. The molecule has 0 aliphatic carbocycles. The number of rotatable bonds is 3. The van der Waals surface area contributed by atoms with Crippen molar-refractivity contribution in [2.24, 2.45) is 0 Å². The van der Waals surface area contributed by atoms with Crippen LogP contribution in [0.1, 0.15) is 23.2 Å². The van der Waals surface area contributed by atoms with Crippen LogP contribution in [0.3, 0.4) is 0 Å². The molecule has 0 bridgehead atoms. The van der Waals surface area contributed by atoms with Crippen LogP contribution < -0.4 is 0 Å². The molecule has 0 saturated carbocycles. The van der Waals surface area contributed by atoms with Crippen molar-refractivity contribution < 1.29 is 18.3 Å². The molecule has 0 atom stereocenters. The highest BCUT2D eigenvalue weighted by atomic mass is 32.2. The first-order chi connectivity index (χ1) is 13.0. The van der Waals surface area contributed by atoms with E-state index in [4.69, 9.17) is 0 Å². The fourth-order valence-electron chi connectivity index (χ4n) is 3.42. The highest BCUT2D eigenvalue weighted by Crippen LogP contribution is 2.23. The Morgan fingerprint density at radius 2 is 1.74 bits per heavy atom. The van der Waals surface area contributed by atoms with Crippen molar-refractivity contribution in [1.82, 2.24) is 8.87 Å². The fraction of sp³-hybridized carbons (Fsp3) is 0.250. The minimum Gasteiger partial charge on any atom is -0.393 e. The Hall–Kier alpha value is -2.48. The van der Waals surface area contributed by atoms with Gasteiger partial charge in [-0.1, -0.05) is 24.3 Å². The van der Waals surface area contributed by atoms with E-state index in [2.05, 4.69) is 0 Å². The van der Waals surface area contributed by atoms with E-state index in [0.29, 0.717) is 18.4 Å². The first-order valence-electron chi connectivity index (χ1n) is 8.86. The van der Waals surface area contributed by atoms with E-state index < -0.39 is 16.1 Å². The molecule has 1 aromatic heterocycles. The number of para-hydroxylation sites is 1. The van der Waals surface area contributed by atoms with Gasteiger partial charge in [0.15, 0.2) is 0 Å². The maximum Gasteiger partial charge on any atom is 0.262 e. The van der Waals surface area contributed by atoms with Gasteiger partial charge in [-0.05, 0) is 43.2 Å². The molecule has 1 saturated heterocycles. The van der Waals surface area contributed by atoms with Crippen molar-refractivity contribution in [3.05, 3.63) is 66.4 Å². The molecule has 2 heterocycles. The van der Waals surface area contributed by atoms with Crippen LogP contribution in [0, 0.1) is 0 Å². The zero-order valence-corrected chi connectivity index (χ0v) is 15.5. The van der Waals surface area contributed by atoms with Gasteiger partial charge in [0.25, 0.3) is 5.91 Å². The third-order valence-electron chi connectivity index (χ3n) is 4.96. The molecule has 1 fully saturated rings. The average Bonchev–Trinajstić information content (AvgIpc) is 3.12. The summed E-state index contributed by atoms with van der Waals surface area (Å²) in [6, 6.07) is 15.5. The van der Waals surface area contributed by atoms with E-state index in [-0.39, 0.29) is 23.9 Å². The first kappa shape index (κ1) is 17.9. The molecule has 1 N–H and O–H groups in total. The fourth-order valence-corrected chi connectivity index (χ4v) is 4.94. The highest BCUT2D eigenvalue weighted by molar-refractivity contribution is 7.89. The van der Waals surface area contributed by atoms with Gasteiger partial charge in [0.2, 0.25) is 10.0 Å². The minimum atomic E-state index is -3.69. The molecule has 140 valence electrons. The number of hydrogen-bond donors (Lipinski definition) is 1. The highest BCUT2D eigenvalue weighted by Gasteiger charge is 2.29. The lowest BCUT2D eigenvalue weighted by Gasteiger charge is -2.28. The topological polar surface area (TPSA) is 79.6 Å². The first-order valence-corrected chi connectivity index (χ1v) is 10.3. The van der Waals surface area contributed by atoms with Crippen molar-refractivity contribution in [3.63, 3.8) is 0 Å². The summed E-state index contributed by atoms with van der Waals surface area (Å²) in [7, 11) is -3.69. The summed E-state index contributed by atoms with van der Waals surface area (Å²) in [5.74, 6) is -0.276. The van der Waals surface area contributed by atoms with Crippen molar-refractivity contribution >= 4 is 26.8 Å². The molecule has 3 aromatic rings. The van der Waals surface area contributed by atoms with E-state index in [1.165, 1.54) is 21.0 Å². The molecule has 0 spiro atoms. The van der Waals surface area contributed by atoms with Crippen molar-refractivity contribution in [2.75, 3.05) is 13.1 Å². The summed E-state index contributed by atoms with van der Waals surface area (Å²) in [4.78, 5) is 13.0. The van der Waals surface area contributed by atoms with Gasteiger partial charge in [-0.25, -0.2) is 8.42 Å². The number of hydrogen-bond acceptors (Lipinski definition) is 4. The van der Waals surface area contributed by atoms with Crippen molar-refractivity contribution in [1.29, 1.82) is 0 Å². The number of aliphatic hydroxyl groups excluding tert-OH is 1. The zero-order valence-electron chi connectivity index (χ0n) is 14.7.